The van der Waals surface area contributed by atoms with Gasteiger partial charge in [-0.1, -0.05) is 15.9 Å². The van der Waals surface area contributed by atoms with Gasteiger partial charge in [0.25, 0.3) is 0 Å². The van der Waals surface area contributed by atoms with E-state index in [1.807, 2.05) is 0 Å². The van der Waals surface area contributed by atoms with E-state index in [9.17, 15) is 8.42 Å². The molecular formula is C10H16BrN3O3S. The Bertz CT molecular complexity index is 455. The van der Waals surface area contributed by atoms with Gasteiger partial charge < -0.3 is 4.74 Å². The van der Waals surface area contributed by atoms with Gasteiger partial charge in [0.1, 0.15) is 4.90 Å². The van der Waals surface area contributed by atoms with E-state index in [4.69, 9.17) is 4.74 Å². The predicted molar refractivity (Wildman–Crippen MR) is 70.1 cm³/mol. The number of nitrogens with zero attached hydrogens (tertiary/aromatic N) is 2. The molecule has 0 unspecified atom stereocenters. The highest BCUT2D eigenvalue weighted by molar-refractivity contribution is 9.09. The lowest BCUT2D eigenvalue weighted by atomic mass is 10.1. The van der Waals surface area contributed by atoms with Crippen LogP contribution in [0.5, 0.6) is 0 Å². The Morgan fingerprint density at radius 2 is 2.22 bits per heavy atom. The first-order valence-electron chi connectivity index (χ1n) is 5.81. The second kappa shape index (κ2) is 6.14. The molecule has 0 aromatic carbocycles. The monoisotopic (exact) mass is 337 g/mol. The number of H-pyrrole nitrogens is 1. The second-order valence-corrected chi connectivity index (χ2v) is 6.83. The van der Waals surface area contributed by atoms with E-state index in [0.29, 0.717) is 19.7 Å². The number of rotatable bonds is 5. The van der Waals surface area contributed by atoms with Crippen molar-refractivity contribution in [3.8, 4) is 0 Å². The summed E-state index contributed by atoms with van der Waals surface area (Å²) in [5.74, 6) is 0. The van der Waals surface area contributed by atoms with Crippen LogP contribution in [0.3, 0.4) is 0 Å². The molecule has 1 aliphatic rings. The normalized spacial score (nSPS) is 19.2. The van der Waals surface area contributed by atoms with Gasteiger partial charge in [0.2, 0.25) is 10.0 Å². The summed E-state index contributed by atoms with van der Waals surface area (Å²) in [6, 6.07) is 0. The minimum absolute atomic E-state index is 0.165. The molecule has 1 saturated heterocycles. The molecule has 0 bridgehead atoms. The molecule has 1 aromatic heterocycles. The number of nitrogens with one attached hydrogen (secondary N) is 1. The van der Waals surface area contributed by atoms with E-state index in [1.165, 1.54) is 16.7 Å². The molecule has 8 heteroatoms. The number of aromatic amines is 1. The summed E-state index contributed by atoms with van der Waals surface area (Å²) in [5, 5.41) is 7.01. The number of alkyl halides is 1. The van der Waals surface area contributed by atoms with Gasteiger partial charge >= 0.3 is 0 Å². The van der Waals surface area contributed by atoms with Crippen LogP contribution in [0.25, 0.3) is 0 Å². The summed E-state index contributed by atoms with van der Waals surface area (Å²) < 4.78 is 31.5. The molecule has 0 spiro atoms. The van der Waals surface area contributed by atoms with Gasteiger partial charge in [0.05, 0.1) is 18.9 Å². The van der Waals surface area contributed by atoms with Gasteiger partial charge in [-0.2, -0.15) is 9.40 Å². The third-order valence-electron chi connectivity index (χ3n) is 2.94. The quantitative estimate of drug-likeness (QED) is 0.812. The van der Waals surface area contributed by atoms with Crippen LogP contribution in [-0.4, -0.2) is 54.1 Å². The molecular weight excluding hydrogens is 322 g/mol. The number of hydrogen-bond donors (Lipinski definition) is 1. The fraction of sp³-hybridized carbons (Fsp3) is 0.700. The van der Waals surface area contributed by atoms with Gasteiger partial charge in [0, 0.05) is 24.6 Å². The lowest BCUT2D eigenvalue weighted by molar-refractivity contribution is 0.0309. The first-order chi connectivity index (χ1) is 8.64. The maximum Gasteiger partial charge on any atom is 0.246 e. The second-order valence-electron chi connectivity index (χ2n) is 4.10. The molecule has 102 valence electrons. The summed E-state index contributed by atoms with van der Waals surface area (Å²) in [5.41, 5.74) is 0. The Balaban J connectivity index is 1.94. The van der Waals surface area contributed by atoms with Gasteiger partial charge in [-0.05, 0) is 12.8 Å². The van der Waals surface area contributed by atoms with Gasteiger partial charge in [-0.3, -0.25) is 5.10 Å². The van der Waals surface area contributed by atoms with Crippen molar-refractivity contribution in [3.63, 3.8) is 0 Å². The molecule has 2 heterocycles. The van der Waals surface area contributed by atoms with Crippen molar-refractivity contribution < 1.29 is 13.2 Å². The smallest absolute Gasteiger partial charge is 0.246 e. The van der Waals surface area contributed by atoms with Crippen LogP contribution in [0.4, 0.5) is 0 Å². The molecule has 0 aliphatic carbocycles. The SMILES string of the molecule is O=S(=O)(c1cn[nH]c1)N1CCC(OCCBr)CC1. The molecule has 0 radical (unpaired) electrons. The van der Waals surface area contributed by atoms with E-state index in [-0.39, 0.29) is 11.0 Å². The van der Waals surface area contributed by atoms with Gasteiger partial charge in [-0.15, -0.1) is 0 Å². The number of ether oxygens (including phenoxy) is 1. The molecule has 6 nitrogen and oxygen atoms in total. The van der Waals surface area contributed by atoms with Crippen LogP contribution in [0, 0.1) is 0 Å². The fourth-order valence-electron chi connectivity index (χ4n) is 1.98. The van der Waals surface area contributed by atoms with Crippen molar-refractivity contribution in [1.29, 1.82) is 0 Å². The van der Waals surface area contributed by atoms with Crippen LogP contribution in [0.1, 0.15) is 12.8 Å². The lowest BCUT2D eigenvalue weighted by Gasteiger charge is -2.30. The summed E-state index contributed by atoms with van der Waals surface area (Å²) in [6.07, 6.45) is 4.39. The van der Waals surface area contributed by atoms with Crippen LogP contribution in [0.15, 0.2) is 17.3 Å². The van der Waals surface area contributed by atoms with Gasteiger partial charge in [-0.25, -0.2) is 8.42 Å². The molecule has 18 heavy (non-hydrogen) atoms. The van der Waals surface area contributed by atoms with Crippen LogP contribution in [0.2, 0.25) is 0 Å². The van der Waals surface area contributed by atoms with Crippen LogP contribution in [-0.2, 0) is 14.8 Å². The average molecular weight is 338 g/mol. The van der Waals surface area contributed by atoms with Crippen molar-refractivity contribution >= 4 is 26.0 Å². The number of sulfonamides is 1. The van der Waals surface area contributed by atoms with E-state index >= 15 is 0 Å². The number of hydrogen-bond acceptors (Lipinski definition) is 4. The molecule has 0 amide bonds. The lowest BCUT2D eigenvalue weighted by Crippen LogP contribution is -2.40. The molecule has 0 atom stereocenters. The van der Waals surface area contributed by atoms with E-state index in [0.717, 1.165) is 18.2 Å². The molecule has 1 aromatic rings. The van der Waals surface area contributed by atoms with E-state index < -0.39 is 10.0 Å². The van der Waals surface area contributed by atoms with Crippen LogP contribution < -0.4 is 0 Å². The third-order valence-corrected chi connectivity index (χ3v) is 5.13. The number of piperidine rings is 1. The Morgan fingerprint density at radius 3 is 2.78 bits per heavy atom. The maximum absolute atomic E-state index is 12.2. The zero-order valence-electron chi connectivity index (χ0n) is 9.88. The maximum atomic E-state index is 12.2. The summed E-state index contributed by atoms with van der Waals surface area (Å²) in [7, 11) is -3.39. The Labute approximate surface area is 115 Å². The molecule has 2 rings (SSSR count). The minimum Gasteiger partial charge on any atom is -0.377 e. The third kappa shape index (κ3) is 3.11. The zero-order chi connectivity index (χ0) is 13.0. The Morgan fingerprint density at radius 1 is 1.50 bits per heavy atom. The molecule has 0 saturated carbocycles. The summed E-state index contributed by atoms with van der Waals surface area (Å²) in [4.78, 5) is 0.224. The van der Waals surface area contributed by atoms with Crippen LogP contribution >= 0.6 is 15.9 Å². The highest BCUT2D eigenvalue weighted by Gasteiger charge is 2.30. The molecule has 1 aliphatic heterocycles. The van der Waals surface area contributed by atoms with Crippen molar-refractivity contribution in [2.75, 3.05) is 25.0 Å². The summed E-state index contributed by atoms with van der Waals surface area (Å²) >= 11 is 3.30. The van der Waals surface area contributed by atoms with Crippen molar-refractivity contribution in [2.45, 2.75) is 23.8 Å². The minimum atomic E-state index is -3.39. The predicted octanol–water partition coefficient (Wildman–Crippen LogP) is 0.974. The average Bonchev–Trinajstić information content (AvgIpc) is 2.91. The fourth-order valence-corrected chi connectivity index (χ4v) is 3.54. The highest BCUT2D eigenvalue weighted by atomic mass is 79.9. The van der Waals surface area contributed by atoms with Crippen molar-refractivity contribution in [1.82, 2.24) is 14.5 Å². The molecule has 1 N–H and O–H groups in total. The molecule has 1 fully saturated rings. The largest absolute Gasteiger partial charge is 0.377 e. The first-order valence-corrected chi connectivity index (χ1v) is 8.37. The zero-order valence-corrected chi connectivity index (χ0v) is 12.3. The Hall–Kier alpha value is -0.440. The Kier molecular flexibility index (Phi) is 4.77. The topological polar surface area (TPSA) is 75.3 Å². The highest BCUT2D eigenvalue weighted by Crippen LogP contribution is 2.21. The van der Waals surface area contributed by atoms with Crippen molar-refractivity contribution in [2.24, 2.45) is 0 Å². The first kappa shape index (κ1) is 14.0. The number of aromatic nitrogens is 2. The number of halogens is 1. The summed E-state index contributed by atoms with van der Waals surface area (Å²) in [6.45, 7) is 1.67. The van der Waals surface area contributed by atoms with E-state index in [2.05, 4.69) is 26.1 Å². The van der Waals surface area contributed by atoms with Crippen molar-refractivity contribution in [3.05, 3.63) is 12.4 Å². The van der Waals surface area contributed by atoms with E-state index in [1.54, 1.807) is 0 Å². The van der Waals surface area contributed by atoms with Gasteiger partial charge in [0.15, 0.2) is 0 Å². The standard InChI is InChI=1S/C10H16BrN3O3S/c11-3-6-17-9-1-4-14(5-2-9)18(15,16)10-7-12-13-8-10/h7-9H,1-6H2,(H,12,13).